The van der Waals surface area contributed by atoms with Crippen molar-refractivity contribution in [3.8, 4) is 0 Å². The number of rotatable bonds is 17. The van der Waals surface area contributed by atoms with Crippen LogP contribution in [0.4, 0.5) is 8.78 Å². The maximum atomic E-state index is 14.1. The number of carbonyl (C=O) groups excluding carboxylic acids is 1. The molecule has 23 heteroatoms. The summed E-state index contributed by atoms with van der Waals surface area (Å²) in [6.45, 7) is -2.21. The molecule has 0 aromatic rings. The van der Waals surface area contributed by atoms with Crippen LogP contribution in [-0.4, -0.2) is 202 Å². The molecule has 1 aliphatic carbocycles. The van der Waals surface area contributed by atoms with Crippen molar-refractivity contribution in [3.63, 3.8) is 0 Å². The van der Waals surface area contributed by atoms with Gasteiger partial charge in [0.2, 0.25) is 0 Å². The summed E-state index contributed by atoms with van der Waals surface area (Å²) in [5.41, 5.74) is 29.4. The fraction of sp³-hybridized carbons (Fsp3) is 0.967. The molecule has 310 valence electrons. The summed E-state index contributed by atoms with van der Waals surface area (Å²) in [4.78, 5) is 12.8. The number of carbonyl (C=O) groups is 1. The first-order valence-electron chi connectivity index (χ1n) is 17.5. The molecule has 0 radical (unpaired) electrons. The Morgan fingerprint density at radius 3 is 2.04 bits per heavy atom. The van der Waals surface area contributed by atoms with E-state index in [1.165, 1.54) is 0 Å². The number of hydrogen-bond donors (Lipinski definition) is 14. The van der Waals surface area contributed by atoms with Gasteiger partial charge in [0.05, 0.1) is 50.2 Å². The van der Waals surface area contributed by atoms with Crippen LogP contribution in [0.2, 0.25) is 0 Å². The minimum absolute atomic E-state index is 0.000303. The number of nitrogens with two attached hydrogens (primary N) is 5. The molecule has 19 N–H and O–H groups in total. The number of ether oxygens (including phenoxy) is 6. The molecule has 4 aliphatic rings. The van der Waals surface area contributed by atoms with Gasteiger partial charge in [-0.2, -0.15) is 0 Å². The standard InChI is InChI=1S/C30H56F2N6O15/c31-30(32,9-34)26(47)14(42)4-10-3-11(35)23(51-27-12(36)5-13(41)16(49-27)7-38-1-2-39)25(19(10)43)53-29-22(46)24(17(8-40)50-29)52-28-18(37)21(45)20(44)15(6-33)48-28/h10-13,15-29,38-41,43-47H,1-9,33-37H2/t10-,11-,12+,13-,15-,16+,17+,18+,19-,20+,21+,22+,23+,24+,25+,26+,27+,28+,29-/m0/s1. The Morgan fingerprint density at radius 2 is 1.42 bits per heavy atom. The van der Waals surface area contributed by atoms with Gasteiger partial charge in [-0.25, -0.2) is 8.78 Å². The highest BCUT2D eigenvalue weighted by Gasteiger charge is 2.55. The number of alkyl halides is 2. The number of aliphatic hydroxyl groups is 8. The molecule has 3 aliphatic heterocycles. The molecular weight excluding hydrogens is 722 g/mol. The normalized spacial score (nSPS) is 44.6. The predicted octanol–water partition coefficient (Wildman–Crippen LogP) is -8.04. The van der Waals surface area contributed by atoms with E-state index in [4.69, 9.17) is 62.2 Å². The zero-order valence-electron chi connectivity index (χ0n) is 28.9. The number of halogens is 2. The fourth-order valence-corrected chi connectivity index (χ4v) is 7.00. The van der Waals surface area contributed by atoms with Crippen LogP contribution in [0.5, 0.6) is 0 Å². The lowest BCUT2D eigenvalue weighted by atomic mass is 9.76. The van der Waals surface area contributed by atoms with Gasteiger partial charge in [-0.3, -0.25) is 4.79 Å². The molecular formula is C30H56F2N6O15. The van der Waals surface area contributed by atoms with Crippen molar-refractivity contribution in [2.24, 2.45) is 34.6 Å². The molecule has 0 spiro atoms. The third-order valence-electron chi connectivity index (χ3n) is 10.1. The number of hydrogen-bond acceptors (Lipinski definition) is 21. The maximum absolute atomic E-state index is 14.1. The quantitative estimate of drug-likeness (QED) is 0.0610. The topological polar surface area (TPSA) is 376 Å². The van der Waals surface area contributed by atoms with E-state index in [1.54, 1.807) is 0 Å². The smallest absolute Gasteiger partial charge is 0.292 e. The van der Waals surface area contributed by atoms with Gasteiger partial charge in [0.1, 0.15) is 48.8 Å². The highest BCUT2D eigenvalue weighted by molar-refractivity contribution is 5.84. The van der Waals surface area contributed by atoms with Crippen LogP contribution in [0.1, 0.15) is 19.3 Å². The van der Waals surface area contributed by atoms with E-state index in [1.807, 2.05) is 0 Å². The lowest BCUT2D eigenvalue weighted by Gasteiger charge is -2.47. The second-order valence-corrected chi connectivity index (χ2v) is 14.0. The Hall–Kier alpha value is -1.27. The summed E-state index contributed by atoms with van der Waals surface area (Å²) in [6.07, 6.45) is -23.5. The van der Waals surface area contributed by atoms with Gasteiger partial charge in [-0.1, -0.05) is 0 Å². The van der Waals surface area contributed by atoms with Crippen molar-refractivity contribution in [2.75, 3.05) is 39.4 Å². The van der Waals surface area contributed by atoms with Crippen LogP contribution in [0.15, 0.2) is 0 Å². The third kappa shape index (κ3) is 10.2. The molecule has 3 saturated heterocycles. The van der Waals surface area contributed by atoms with E-state index in [0.717, 1.165) is 0 Å². The molecule has 19 atom stereocenters. The van der Waals surface area contributed by atoms with Gasteiger partial charge in [0.25, 0.3) is 5.92 Å². The lowest BCUT2D eigenvalue weighted by molar-refractivity contribution is -0.299. The summed E-state index contributed by atoms with van der Waals surface area (Å²) in [6, 6.07) is -3.40. The van der Waals surface area contributed by atoms with E-state index in [2.05, 4.69) is 5.32 Å². The van der Waals surface area contributed by atoms with Crippen molar-refractivity contribution in [1.82, 2.24) is 5.32 Å². The van der Waals surface area contributed by atoms with Gasteiger partial charge < -0.3 is 103 Å². The first kappa shape index (κ1) is 44.4. The summed E-state index contributed by atoms with van der Waals surface area (Å²) < 4.78 is 63.5. The first-order chi connectivity index (χ1) is 25.0. The van der Waals surface area contributed by atoms with Crippen molar-refractivity contribution in [1.29, 1.82) is 0 Å². The maximum Gasteiger partial charge on any atom is 0.292 e. The third-order valence-corrected chi connectivity index (χ3v) is 10.1. The van der Waals surface area contributed by atoms with E-state index in [-0.39, 0.29) is 39.1 Å². The van der Waals surface area contributed by atoms with Crippen LogP contribution < -0.4 is 34.0 Å². The Kier molecular flexibility index (Phi) is 16.1. The molecule has 53 heavy (non-hydrogen) atoms. The summed E-state index contributed by atoms with van der Waals surface area (Å²) in [5, 5.41) is 86.3. The SMILES string of the molecule is NC[C@@H]1O[C@H](O[C@H]2[C@@H](O)[C@H](O[C@@H]3[C@@H](O)[C@H](CC(=O)[C@@H](O)C(F)(F)CN)C[C@H](N)[C@H]3O[C@H]3O[C@H](CNCCO)[C@@H](O)C[C@H]3N)O[C@@H]2CO)[C@H](N)[C@@H](O)[C@@H]1O. The highest BCUT2D eigenvalue weighted by atomic mass is 19.3. The fourth-order valence-electron chi connectivity index (χ4n) is 7.00. The lowest BCUT2D eigenvalue weighted by Crippen LogP contribution is -2.64. The zero-order valence-corrected chi connectivity index (χ0v) is 28.9. The average molecular weight is 779 g/mol. The number of aliphatic hydroxyl groups excluding tert-OH is 8. The molecule has 1 saturated carbocycles. The summed E-state index contributed by atoms with van der Waals surface area (Å²) in [7, 11) is 0. The number of nitrogens with one attached hydrogen (secondary N) is 1. The summed E-state index contributed by atoms with van der Waals surface area (Å²) >= 11 is 0. The Balaban J connectivity index is 1.57. The number of Topliss-reactive ketones (excluding diaryl/α,β-unsaturated/α-hetero) is 1. The van der Waals surface area contributed by atoms with Crippen molar-refractivity contribution < 1.29 is 82.8 Å². The monoisotopic (exact) mass is 778 g/mol. The molecule has 0 bridgehead atoms. The minimum Gasteiger partial charge on any atom is -0.395 e. The molecule has 4 rings (SSSR count). The van der Waals surface area contributed by atoms with Gasteiger partial charge >= 0.3 is 0 Å². The predicted molar refractivity (Wildman–Crippen MR) is 173 cm³/mol. The van der Waals surface area contributed by atoms with Gasteiger partial charge in [0, 0.05) is 32.1 Å². The van der Waals surface area contributed by atoms with E-state index < -0.39 is 147 Å². The first-order valence-corrected chi connectivity index (χ1v) is 17.5. The molecule has 0 amide bonds. The van der Waals surface area contributed by atoms with E-state index in [9.17, 15) is 49.3 Å². The molecule has 0 aromatic heterocycles. The average Bonchev–Trinajstić information content (AvgIpc) is 3.42. The highest BCUT2D eigenvalue weighted by Crippen LogP contribution is 2.37. The van der Waals surface area contributed by atoms with Crippen molar-refractivity contribution in [3.05, 3.63) is 0 Å². The zero-order chi connectivity index (χ0) is 39.4. The van der Waals surface area contributed by atoms with Crippen LogP contribution in [-0.2, 0) is 33.2 Å². The number of ketones is 1. The Bertz CT molecular complexity index is 1160. The second kappa shape index (κ2) is 19.3. The second-order valence-electron chi connectivity index (χ2n) is 14.0. The van der Waals surface area contributed by atoms with Gasteiger partial charge in [-0.05, 0) is 18.8 Å². The Morgan fingerprint density at radius 1 is 0.792 bits per heavy atom. The van der Waals surface area contributed by atoms with E-state index in [0.29, 0.717) is 0 Å². The van der Waals surface area contributed by atoms with Crippen LogP contribution >= 0.6 is 0 Å². The Labute approximate surface area is 303 Å². The molecule has 21 nitrogen and oxygen atoms in total. The molecule has 4 fully saturated rings. The summed E-state index contributed by atoms with van der Waals surface area (Å²) in [5.74, 6) is -6.50. The molecule has 3 heterocycles. The van der Waals surface area contributed by atoms with E-state index >= 15 is 0 Å². The largest absolute Gasteiger partial charge is 0.395 e. The van der Waals surface area contributed by atoms with Crippen molar-refractivity contribution in [2.45, 2.75) is 135 Å². The van der Waals surface area contributed by atoms with Crippen LogP contribution in [0.25, 0.3) is 0 Å². The van der Waals surface area contributed by atoms with Gasteiger partial charge in [0.15, 0.2) is 30.8 Å². The minimum atomic E-state index is -3.96. The molecule has 0 unspecified atom stereocenters. The van der Waals surface area contributed by atoms with Gasteiger partial charge in [-0.15, -0.1) is 0 Å². The van der Waals surface area contributed by atoms with Crippen LogP contribution in [0.3, 0.4) is 0 Å². The van der Waals surface area contributed by atoms with Crippen LogP contribution in [0, 0.1) is 5.92 Å². The molecule has 0 aromatic carbocycles. The van der Waals surface area contributed by atoms with Crippen molar-refractivity contribution >= 4 is 5.78 Å².